The molecule has 0 atom stereocenters. The monoisotopic (exact) mass is 288 g/mol. The Morgan fingerprint density at radius 2 is 1.80 bits per heavy atom. The van der Waals surface area contributed by atoms with Gasteiger partial charge in [-0.3, -0.25) is 0 Å². The molecule has 1 aliphatic heterocycles. The fourth-order valence-corrected chi connectivity index (χ4v) is 2.75. The van der Waals surface area contributed by atoms with E-state index in [0.717, 1.165) is 42.9 Å². The lowest BCUT2D eigenvalue weighted by Crippen LogP contribution is -2.35. The third-order valence-electron chi connectivity index (χ3n) is 3.68. The van der Waals surface area contributed by atoms with E-state index in [1.165, 1.54) is 0 Å². The van der Waals surface area contributed by atoms with E-state index in [9.17, 15) is 5.11 Å². The molecule has 104 valence electrons. The Bertz CT molecular complexity index is 580. The van der Waals surface area contributed by atoms with E-state index in [4.69, 9.17) is 11.6 Å². The third kappa shape index (κ3) is 2.94. The molecule has 4 heteroatoms. The molecule has 0 spiro atoms. The van der Waals surface area contributed by atoms with Crippen LogP contribution in [-0.4, -0.2) is 29.3 Å². The second-order valence-electron chi connectivity index (χ2n) is 5.12. The molecule has 0 radical (unpaired) electrons. The van der Waals surface area contributed by atoms with Crippen LogP contribution in [0.1, 0.15) is 12.8 Å². The van der Waals surface area contributed by atoms with Crippen LogP contribution in [0.3, 0.4) is 0 Å². The molecular weight excluding hydrogens is 272 g/mol. The number of halogens is 1. The number of aromatic nitrogens is 1. The van der Waals surface area contributed by atoms with Gasteiger partial charge in [0.2, 0.25) is 0 Å². The van der Waals surface area contributed by atoms with Gasteiger partial charge < -0.3 is 10.0 Å². The predicted octanol–water partition coefficient (Wildman–Crippen LogP) is 3.36. The number of piperidine rings is 1. The number of aliphatic hydroxyl groups excluding tert-OH is 1. The fraction of sp³-hybridized carbons (Fsp3) is 0.312. The molecule has 3 nitrogen and oxygen atoms in total. The molecule has 0 bridgehead atoms. The average molecular weight is 289 g/mol. The summed E-state index contributed by atoms with van der Waals surface area (Å²) in [6.07, 6.45) is 1.44. The summed E-state index contributed by atoms with van der Waals surface area (Å²) >= 11 is 6.16. The van der Waals surface area contributed by atoms with Crippen molar-refractivity contribution in [1.29, 1.82) is 0 Å². The molecule has 0 unspecified atom stereocenters. The number of anilines is 1. The fourth-order valence-electron chi connectivity index (χ4n) is 2.55. The number of hydrogen-bond donors (Lipinski definition) is 1. The lowest BCUT2D eigenvalue weighted by atomic mass is 10.1. The third-order valence-corrected chi connectivity index (χ3v) is 3.87. The maximum absolute atomic E-state index is 9.60. The van der Waals surface area contributed by atoms with E-state index >= 15 is 0 Å². The summed E-state index contributed by atoms with van der Waals surface area (Å²) in [6.45, 7) is 1.71. The molecule has 0 aliphatic carbocycles. The molecule has 1 aromatic carbocycles. The van der Waals surface area contributed by atoms with Gasteiger partial charge in [-0.1, -0.05) is 41.9 Å². The Hall–Kier alpha value is -1.58. The van der Waals surface area contributed by atoms with Crippen molar-refractivity contribution in [2.75, 3.05) is 18.0 Å². The van der Waals surface area contributed by atoms with Crippen LogP contribution in [0.4, 0.5) is 5.69 Å². The van der Waals surface area contributed by atoms with Crippen LogP contribution in [0.25, 0.3) is 11.3 Å². The minimum atomic E-state index is -0.169. The molecule has 1 N–H and O–H groups in total. The van der Waals surface area contributed by atoms with E-state index in [0.29, 0.717) is 5.15 Å². The maximum atomic E-state index is 9.60. The van der Waals surface area contributed by atoms with Gasteiger partial charge in [-0.05, 0) is 25.0 Å². The quantitative estimate of drug-likeness (QED) is 0.861. The average Bonchev–Trinajstić information content (AvgIpc) is 2.48. The van der Waals surface area contributed by atoms with Crippen LogP contribution >= 0.6 is 11.6 Å². The Kier molecular flexibility index (Phi) is 3.90. The number of rotatable bonds is 2. The zero-order valence-corrected chi connectivity index (χ0v) is 11.9. The lowest BCUT2D eigenvalue weighted by Gasteiger charge is -2.31. The van der Waals surface area contributed by atoms with Crippen molar-refractivity contribution in [3.05, 3.63) is 47.6 Å². The summed E-state index contributed by atoms with van der Waals surface area (Å²) in [6, 6.07) is 14.0. The van der Waals surface area contributed by atoms with Gasteiger partial charge in [0.1, 0.15) is 5.15 Å². The highest BCUT2D eigenvalue weighted by atomic mass is 35.5. The zero-order valence-electron chi connectivity index (χ0n) is 11.2. The Morgan fingerprint density at radius 1 is 1.10 bits per heavy atom. The van der Waals surface area contributed by atoms with Crippen molar-refractivity contribution < 1.29 is 5.11 Å². The topological polar surface area (TPSA) is 36.4 Å². The number of aliphatic hydroxyl groups is 1. The summed E-state index contributed by atoms with van der Waals surface area (Å²) in [5, 5.41) is 10.1. The first-order valence-electron chi connectivity index (χ1n) is 6.88. The molecule has 0 amide bonds. The normalized spacial score (nSPS) is 16.4. The standard InChI is InChI=1S/C16H17ClN2O/c17-16-11-13(19-8-6-14(20)7-9-19)10-15(18-16)12-4-2-1-3-5-12/h1-5,10-11,14,20H,6-9H2. The van der Waals surface area contributed by atoms with Crippen molar-refractivity contribution in [2.45, 2.75) is 18.9 Å². The predicted molar refractivity (Wildman–Crippen MR) is 82.1 cm³/mol. The van der Waals surface area contributed by atoms with Crippen molar-refractivity contribution in [3.63, 3.8) is 0 Å². The summed E-state index contributed by atoms with van der Waals surface area (Å²) in [5.74, 6) is 0. The molecule has 20 heavy (non-hydrogen) atoms. The minimum absolute atomic E-state index is 0.169. The van der Waals surface area contributed by atoms with Crippen molar-refractivity contribution in [1.82, 2.24) is 4.98 Å². The molecule has 1 aliphatic rings. The largest absolute Gasteiger partial charge is 0.393 e. The molecule has 1 fully saturated rings. The summed E-state index contributed by atoms with van der Waals surface area (Å²) in [5.41, 5.74) is 3.03. The van der Waals surface area contributed by atoms with Crippen molar-refractivity contribution in [3.8, 4) is 11.3 Å². The van der Waals surface area contributed by atoms with Gasteiger partial charge in [-0.2, -0.15) is 0 Å². The van der Waals surface area contributed by atoms with Gasteiger partial charge in [0, 0.05) is 24.3 Å². The van der Waals surface area contributed by atoms with E-state index < -0.39 is 0 Å². The minimum Gasteiger partial charge on any atom is -0.393 e. The summed E-state index contributed by atoms with van der Waals surface area (Å²) < 4.78 is 0. The Morgan fingerprint density at radius 3 is 2.50 bits per heavy atom. The highest BCUT2D eigenvalue weighted by molar-refractivity contribution is 6.29. The van der Waals surface area contributed by atoms with Crippen LogP contribution in [-0.2, 0) is 0 Å². The van der Waals surface area contributed by atoms with Crippen LogP contribution in [0.5, 0.6) is 0 Å². The Balaban J connectivity index is 1.91. The van der Waals surface area contributed by atoms with Gasteiger partial charge in [-0.25, -0.2) is 4.98 Å². The zero-order chi connectivity index (χ0) is 13.9. The molecule has 1 aromatic heterocycles. The van der Waals surface area contributed by atoms with Gasteiger partial charge >= 0.3 is 0 Å². The number of hydrogen-bond acceptors (Lipinski definition) is 3. The lowest BCUT2D eigenvalue weighted by molar-refractivity contribution is 0.145. The van der Waals surface area contributed by atoms with Gasteiger partial charge in [0.25, 0.3) is 0 Å². The molecule has 2 heterocycles. The number of nitrogens with zero attached hydrogens (tertiary/aromatic N) is 2. The molecule has 2 aromatic rings. The first kappa shape index (κ1) is 13.4. The molecule has 1 saturated heterocycles. The highest BCUT2D eigenvalue weighted by Gasteiger charge is 2.18. The van der Waals surface area contributed by atoms with Gasteiger partial charge in [-0.15, -0.1) is 0 Å². The molecule has 3 rings (SSSR count). The summed E-state index contributed by atoms with van der Waals surface area (Å²) in [4.78, 5) is 6.66. The van der Waals surface area contributed by atoms with Crippen molar-refractivity contribution >= 4 is 17.3 Å². The SMILES string of the molecule is OC1CCN(c2cc(Cl)nc(-c3ccccc3)c2)CC1. The number of pyridine rings is 1. The maximum Gasteiger partial charge on any atom is 0.131 e. The Labute approximate surface area is 123 Å². The highest BCUT2D eigenvalue weighted by Crippen LogP contribution is 2.28. The van der Waals surface area contributed by atoms with Crippen LogP contribution in [0, 0.1) is 0 Å². The van der Waals surface area contributed by atoms with Gasteiger partial charge in [0.15, 0.2) is 0 Å². The van der Waals surface area contributed by atoms with Gasteiger partial charge in [0.05, 0.1) is 11.8 Å². The van der Waals surface area contributed by atoms with E-state index in [1.807, 2.05) is 36.4 Å². The molecular formula is C16H17ClN2O. The second-order valence-corrected chi connectivity index (χ2v) is 5.50. The van der Waals surface area contributed by atoms with E-state index in [1.54, 1.807) is 0 Å². The summed E-state index contributed by atoms with van der Waals surface area (Å²) in [7, 11) is 0. The van der Waals surface area contributed by atoms with Crippen molar-refractivity contribution in [2.24, 2.45) is 0 Å². The number of benzene rings is 1. The van der Waals surface area contributed by atoms with Crippen LogP contribution in [0.15, 0.2) is 42.5 Å². The van der Waals surface area contributed by atoms with E-state index in [-0.39, 0.29) is 6.10 Å². The first-order valence-corrected chi connectivity index (χ1v) is 7.26. The first-order chi connectivity index (χ1) is 9.72. The smallest absolute Gasteiger partial charge is 0.131 e. The second kappa shape index (κ2) is 5.81. The van der Waals surface area contributed by atoms with Crippen LogP contribution < -0.4 is 4.90 Å². The van der Waals surface area contributed by atoms with Crippen LogP contribution in [0.2, 0.25) is 5.15 Å². The van der Waals surface area contributed by atoms with E-state index in [2.05, 4.69) is 16.0 Å². The molecule has 0 saturated carbocycles.